The molecule has 6 heteroatoms. The van der Waals surface area contributed by atoms with Crippen LogP contribution in [-0.4, -0.2) is 43.3 Å². The van der Waals surface area contributed by atoms with Gasteiger partial charge in [0.2, 0.25) is 5.95 Å². The molecule has 5 nitrogen and oxygen atoms in total. The van der Waals surface area contributed by atoms with Crippen molar-refractivity contribution in [2.75, 3.05) is 37.5 Å². The lowest BCUT2D eigenvalue weighted by atomic mass is 10.1. The van der Waals surface area contributed by atoms with Crippen LogP contribution in [0.2, 0.25) is 0 Å². The molecule has 20 heavy (non-hydrogen) atoms. The Balaban J connectivity index is 1.97. The molecule has 2 aromatic heterocycles. The Kier molecular flexibility index (Phi) is 3.76. The summed E-state index contributed by atoms with van der Waals surface area (Å²) in [4.78, 5) is 13.9. The first kappa shape index (κ1) is 13.6. The van der Waals surface area contributed by atoms with E-state index in [-0.39, 0.29) is 0 Å². The Bertz CT molecular complexity index is 604. The van der Waals surface area contributed by atoms with Crippen LogP contribution in [0.15, 0.2) is 6.07 Å². The average molecular weight is 292 g/mol. The van der Waals surface area contributed by atoms with Gasteiger partial charge in [-0.15, -0.1) is 11.3 Å². The number of rotatable bonds is 3. The minimum atomic E-state index is 0.386. The van der Waals surface area contributed by atoms with Crippen LogP contribution in [0.3, 0.4) is 0 Å². The number of anilines is 2. The molecule has 0 atom stereocenters. The minimum Gasteiger partial charge on any atom is -0.381 e. The Hall–Kier alpha value is -1.40. The van der Waals surface area contributed by atoms with Gasteiger partial charge in [0.05, 0.1) is 11.5 Å². The minimum absolute atomic E-state index is 0.386. The lowest BCUT2D eigenvalue weighted by Gasteiger charge is -2.32. The molecule has 2 aromatic rings. The van der Waals surface area contributed by atoms with Crippen LogP contribution < -0.4 is 10.2 Å². The van der Waals surface area contributed by atoms with Gasteiger partial charge < -0.3 is 15.0 Å². The van der Waals surface area contributed by atoms with E-state index < -0.39 is 0 Å². The topological polar surface area (TPSA) is 50.3 Å². The van der Waals surface area contributed by atoms with Crippen molar-refractivity contribution >= 4 is 33.3 Å². The van der Waals surface area contributed by atoms with Crippen molar-refractivity contribution in [1.82, 2.24) is 9.97 Å². The maximum absolute atomic E-state index is 5.44. The zero-order valence-corrected chi connectivity index (χ0v) is 13.0. The molecule has 0 amide bonds. The summed E-state index contributed by atoms with van der Waals surface area (Å²) in [6.45, 7) is 4.09. The summed E-state index contributed by atoms with van der Waals surface area (Å²) in [5, 5.41) is 4.23. The third kappa shape index (κ3) is 2.45. The van der Waals surface area contributed by atoms with Crippen molar-refractivity contribution in [2.24, 2.45) is 0 Å². The number of methoxy groups -OCH3 is 1. The zero-order chi connectivity index (χ0) is 14.1. The summed E-state index contributed by atoms with van der Waals surface area (Å²) in [5.74, 6) is 1.75. The molecule has 0 saturated carbocycles. The van der Waals surface area contributed by atoms with Crippen LogP contribution in [0.5, 0.6) is 0 Å². The van der Waals surface area contributed by atoms with E-state index in [0.29, 0.717) is 12.1 Å². The number of piperidine rings is 1. The van der Waals surface area contributed by atoms with Crippen molar-refractivity contribution < 1.29 is 4.74 Å². The van der Waals surface area contributed by atoms with Crippen molar-refractivity contribution in [1.29, 1.82) is 0 Å². The van der Waals surface area contributed by atoms with Gasteiger partial charge in [-0.05, 0) is 25.8 Å². The van der Waals surface area contributed by atoms with Crippen molar-refractivity contribution in [3.63, 3.8) is 0 Å². The van der Waals surface area contributed by atoms with Gasteiger partial charge in [-0.2, -0.15) is 4.98 Å². The van der Waals surface area contributed by atoms with Crippen molar-refractivity contribution in [3.05, 3.63) is 10.9 Å². The SMILES string of the molecule is CNc1nc(N2CCC(OC)CC2)c2cc(C)sc2n1. The van der Waals surface area contributed by atoms with Gasteiger partial charge >= 0.3 is 0 Å². The highest BCUT2D eigenvalue weighted by molar-refractivity contribution is 7.18. The Morgan fingerprint density at radius 2 is 2.10 bits per heavy atom. The number of fused-ring (bicyclic) bond motifs is 1. The summed E-state index contributed by atoms with van der Waals surface area (Å²) in [6, 6.07) is 2.19. The van der Waals surface area contributed by atoms with E-state index in [4.69, 9.17) is 4.74 Å². The first-order chi connectivity index (χ1) is 9.71. The summed E-state index contributed by atoms with van der Waals surface area (Å²) >= 11 is 1.72. The fraction of sp³-hybridized carbons (Fsp3) is 0.571. The summed E-state index contributed by atoms with van der Waals surface area (Å²) < 4.78 is 5.44. The lowest BCUT2D eigenvalue weighted by Crippen LogP contribution is -2.37. The van der Waals surface area contributed by atoms with Gasteiger partial charge in [-0.25, -0.2) is 4.98 Å². The molecule has 0 aromatic carbocycles. The van der Waals surface area contributed by atoms with Crippen LogP contribution in [0.1, 0.15) is 17.7 Å². The Morgan fingerprint density at radius 3 is 2.75 bits per heavy atom. The lowest BCUT2D eigenvalue weighted by molar-refractivity contribution is 0.0818. The van der Waals surface area contributed by atoms with E-state index in [1.807, 2.05) is 7.05 Å². The molecule has 0 spiro atoms. The number of ether oxygens (including phenoxy) is 1. The van der Waals surface area contributed by atoms with Gasteiger partial charge in [-0.1, -0.05) is 0 Å². The Morgan fingerprint density at radius 1 is 1.35 bits per heavy atom. The molecule has 1 fully saturated rings. The van der Waals surface area contributed by atoms with Crippen LogP contribution in [-0.2, 0) is 4.74 Å². The van der Waals surface area contributed by atoms with Gasteiger partial charge in [0.15, 0.2) is 0 Å². The fourth-order valence-electron chi connectivity index (χ4n) is 2.68. The van der Waals surface area contributed by atoms with E-state index in [1.165, 1.54) is 10.3 Å². The number of hydrogen-bond donors (Lipinski definition) is 1. The maximum Gasteiger partial charge on any atom is 0.225 e. The molecule has 0 radical (unpaired) electrons. The monoisotopic (exact) mass is 292 g/mol. The van der Waals surface area contributed by atoms with E-state index in [0.717, 1.165) is 36.6 Å². The quantitative estimate of drug-likeness (QED) is 0.942. The van der Waals surface area contributed by atoms with E-state index in [1.54, 1.807) is 18.4 Å². The smallest absolute Gasteiger partial charge is 0.225 e. The van der Waals surface area contributed by atoms with Crippen molar-refractivity contribution in [2.45, 2.75) is 25.9 Å². The second-order valence-electron chi connectivity index (χ2n) is 5.12. The van der Waals surface area contributed by atoms with Gasteiger partial charge in [0.25, 0.3) is 0 Å². The van der Waals surface area contributed by atoms with Crippen LogP contribution >= 0.6 is 11.3 Å². The molecular formula is C14H20N4OS. The molecule has 1 aliphatic heterocycles. The van der Waals surface area contributed by atoms with Crippen LogP contribution in [0.4, 0.5) is 11.8 Å². The molecule has 0 bridgehead atoms. The highest BCUT2D eigenvalue weighted by Gasteiger charge is 2.22. The van der Waals surface area contributed by atoms with Gasteiger partial charge in [0, 0.05) is 32.1 Å². The molecule has 0 aliphatic carbocycles. The van der Waals surface area contributed by atoms with Gasteiger partial charge in [0.1, 0.15) is 10.6 Å². The second-order valence-corrected chi connectivity index (χ2v) is 6.35. The fourth-order valence-corrected chi connectivity index (χ4v) is 3.56. The molecule has 3 rings (SSSR count). The van der Waals surface area contributed by atoms with Gasteiger partial charge in [-0.3, -0.25) is 0 Å². The van der Waals surface area contributed by atoms with E-state index in [9.17, 15) is 0 Å². The molecular weight excluding hydrogens is 272 g/mol. The molecule has 108 valence electrons. The summed E-state index contributed by atoms with van der Waals surface area (Å²) in [5.41, 5.74) is 0. The molecule has 1 N–H and O–H groups in total. The predicted octanol–water partition coefficient (Wildman–Crippen LogP) is 2.66. The zero-order valence-electron chi connectivity index (χ0n) is 12.1. The number of hydrogen-bond acceptors (Lipinski definition) is 6. The summed E-state index contributed by atoms with van der Waals surface area (Å²) in [6.07, 6.45) is 2.50. The first-order valence-corrected chi connectivity index (χ1v) is 7.76. The molecule has 1 saturated heterocycles. The largest absolute Gasteiger partial charge is 0.381 e. The first-order valence-electron chi connectivity index (χ1n) is 6.95. The van der Waals surface area contributed by atoms with Crippen molar-refractivity contribution in [3.8, 4) is 0 Å². The van der Waals surface area contributed by atoms with E-state index >= 15 is 0 Å². The Labute approximate surface area is 123 Å². The number of thiophene rings is 1. The predicted molar refractivity (Wildman–Crippen MR) is 83.9 cm³/mol. The molecule has 3 heterocycles. The maximum atomic E-state index is 5.44. The third-order valence-corrected chi connectivity index (χ3v) is 4.74. The standard InChI is InChI=1S/C14H20N4OS/c1-9-8-11-12(16-14(15-2)17-13(11)20-9)18-6-4-10(19-3)5-7-18/h8,10H,4-7H2,1-3H3,(H,15,16,17). The number of aryl methyl sites for hydroxylation is 1. The molecule has 0 unspecified atom stereocenters. The molecule has 1 aliphatic rings. The second kappa shape index (κ2) is 5.54. The average Bonchev–Trinajstić information content (AvgIpc) is 2.86. The highest BCUT2D eigenvalue weighted by Crippen LogP contribution is 2.33. The van der Waals surface area contributed by atoms with Crippen LogP contribution in [0.25, 0.3) is 10.2 Å². The number of nitrogens with zero attached hydrogens (tertiary/aromatic N) is 3. The highest BCUT2D eigenvalue weighted by atomic mass is 32.1. The van der Waals surface area contributed by atoms with E-state index in [2.05, 4.69) is 33.2 Å². The number of aromatic nitrogens is 2. The van der Waals surface area contributed by atoms with Crippen LogP contribution in [0, 0.1) is 6.92 Å². The normalized spacial score (nSPS) is 16.9. The third-order valence-electron chi connectivity index (χ3n) is 3.79. The number of nitrogens with one attached hydrogen (secondary N) is 1. The summed E-state index contributed by atoms with van der Waals surface area (Å²) in [7, 11) is 3.66.